The van der Waals surface area contributed by atoms with Crippen molar-refractivity contribution in [2.45, 2.75) is 46.3 Å². The monoisotopic (exact) mass is 545 g/mol. The third kappa shape index (κ3) is 4.66. The third-order valence-electron chi connectivity index (χ3n) is 7.35. The summed E-state index contributed by atoms with van der Waals surface area (Å²) in [6.45, 7) is 4.62. The van der Waals surface area contributed by atoms with E-state index in [0.717, 1.165) is 44.2 Å². The number of halogens is 1. The number of carboxylic acids is 1. The molecular formula is C31H32ClN3O4. The minimum Gasteiger partial charge on any atom is -0.493 e. The predicted octanol–water partition coefficient (Wildman–Crippen LogP) is 6.63. The fraction of sp³-hybridized carbons (Fsp3) is 0.290. The summed E-state index contributed by atoms with van der Waals surface area (Å²) >= 11 is 6.82. The average molecular weight is 546 g/mol. The summed E-state index contributed by atoms with van der Waals surface area (Å²) in [7, 11) is 1.85. The second-order valence-corrected chi connectivity index (χ2v) is 9.94. The molecule has 0 bridgehead atoms. The number of rotatable bonds is 10. The van der Waals surface area contributed by atoms with E-state index in [9.17, 15) is 15.0 Å². The Bertz CT molecular complexity index is 1680. The molecule has 2 N–H and O–H groups in total. The molecule has 2 aromatic heterocycles. The standard InChI is InChI=1S/C31H32ClN3O4/c1-4-25-28(24(18-36)33-34(25)3)27-23(32)16-15-22-21(30(31(37)38)35(5-2)29(22)27)13-9-17-39-26-14-8-11-19-10-6-7-12-20(19)26/h6-8,10-12,14-16,36H,4-5,9,13,17-18H2,1-3H3,(H,37,38). The molecule has 0 unspecified atom stereocenters. The molecule has 3 aromatic carbocycles. The maximum absolute atomic E-state index is 12.6. The fourth-order valence-corrected chi connectivity index (χ4v) is 5.97. The van der Waals surface area contributed by atoms with Crippen molar-refractivity contribution in [3.63, 3.8) is 0 Å². The van der Waals surface area contributed by atoms with E-state index < -0.39 is 5.97 Å². The van der Waals surface area contributed by atoms with E-state index >= 15 is 0 Å². The molecule has 0 radical (unpaired) electrons. The summed E-state index contributed by atoms with van der Waals surface area (Å²) in [5.41, 5.74) is 4.71. The number of carbonyl (C=O) groups is 1. The third-order valence-corrected chi connectivity index (χ3v) is 7.66. The van der Waals surface area contributed by atoms with E-state index in [0.29, 0.717) is 48.7 Å². The lowest BCUT2D eigenvalue weighted by Crippen LogP contribution is -2.11. The van der Waals surface area contributed by atoms with Crippen LogP contribution in [0.15, 0.2) is 54.6 Å². The highest BCUT2D eigenvalue weighted by atomic mass is 35.5. The lowest BCUT2D eigenvalue weighted by atomic mass is 9.97. The molecule has 8 heteroatoms. The zero-order chi connectivity index (χ0) is 27.7. The zero-order valence-electron chi connectivity index (χ0n) is 22.4. The van der Waals surface area contributed by atoms with Crippen LogP contribution >= 0.6 is 11.6 Å². The Labute approximate surface area is 232 Å². The van der Waals surface area contributed by atoms with Crippen LogP contribution in [0.4, 0.5) is 0 Å². The fourth-order valence-electron chi connectivity index (χ4n) is 5.72. The molecule has 5 aromatic rings. The molecule has 5 rings (SSSR count). The summed E-state index contributed by atoms with van der Waals surface area (Å²) in [4.78, 5) is 12.6. The van der Waals surface area contributed by atoms with Gasteiger partial charge in [-0.3, -0.25) is 4.68 Å². The van der Waals surface area contributed by atoms with Gasteiger partial charge in [0.25, 0.3) is 0 Å². The van der Waals surface area contributed by atoms with Crippen LogP contribution in [0.3, 0.4) is 0 Å². The highest BCUT2D eigenvalue weighted by molar-refractivity contribution is 6.35. The first kappa shape index (κ1) is 26.8. The molecular weight excluding hydrogens is 514 g/mol. The largest absolute Gasteiger partial charge is 0.493 e. The summed E-state index contributed by atoms with van der Waals surface area (Å²) in [6, 6.07) is 17.8. The number of hydrogen-bond acceptors (Lipinski definition) is 4. The summed E-state index contributed by atoms with van der Waals surface area (Å²) in [5.74, 6) is -0.166. The van der Waals surface area contributed by atoms with Crippen molar-refractivity contribution >= 4 is 39.2 Å². The van der Waals surface area contributed by atoms with Gasteiger partial charge in [-0.2, -0.15) is 5.10 Å². The Morgan fingerprint density at radius 3 is 2.51 bits per heavy atom. The molecule has 0 aliphatic heterocycles. The highest BCUT2D eigenvalue weighted by Gasteiger charge is 2.28. The van der Waals surface area contributed by atoms with E-state index in [4.69, 9.17) is 16.3 Å². The quantitative estimate of drug-likeness (QED) is 0.192. The number of aromatic carboxylic acids is 1. The predicted molar refractivity (Wildman–Crippen MR) is 155 cm³/mol. The van der Waals surface area contributed by atoms with E-state index in [-0.39, 0.29) is 12.3 Å². The Balaban J connectivity index is 1.57. The van der Waals surface area contributed by atoms with Crippen molar-refractivity contribution < 1.29 is 19.7 Å². The number of aliphatic hydroxyl groups is 1. The van der Waals surface area contributed by atoms with Crippen LogP contribution in [0.1, 0.15) is 47.7 Å². The van der Waals surface area contributed by atoms with Gasteiger partial charge in [0.1, 0.15) is 11.4 Å². The van der Waals surface area contributed by atoms with E-state index in [1.807, 2.05) is 67.9 Å². The van der Waals surface area contributed by atoms with Crippen molar-refractivity contribution in [1.82, 2.24) is 14.3 Å². The van der Waals surface area contributed by atoms with Crippen molar-refractivity contribution in [3.8, 4) is 16.9 Å². The smallest absolute Gasteiger partial charge is 0.352 e. The van der Waals surface area contributed by atoms with Crippen molar-refractivity contribution in [2.75, 3.05) is 6.61 Å². The van der Waals surface area contributed by atoms with E-state index in [1.165, 1.54) is 0 Å². The maximum Gasteiger partial charge on any atom is 0.352 e. The van der Waals surface area contributed by atoms with Gasteiger partial charge in [0.05, 0.1) is 29.4 Å². The lowest BCUT2D eigenvalue weighted by molar-refractivity contribution is 0.0684. The first-order valence-electron chi connectivity index (χ1n) is 13.2. The van der Waals surface area contributed by atoms with E-state index in [2.05, 4.69) is 17.2 Å². The molecule has 0 aliphatic carbocycles. The molecule has 7 nitrogen and oxygen atoms in total. The number of hydrogen-bond donors (Lipinski definition) is 2. The number of ether oxygens (including phenoxy) is 1. The van der Waals surface area contributed by atoms with Gasteiger partial charge >= 0.3 is 5.97 Å². The van der Waals surface area contributed by atoms with Crippen LogP contribution in [0.2, 0.25) is 5.02 Å². The molecule has 2 heterocycles. The number of aryl methyl sites for hydroxylation is 3. The van der Waals surface area contributed by atoms with Crippen LogP contribution in [0.25, 0.3) is 32.8 Å². The molecule has 0 fully saturated rings. The first-order chi connectivity index (χ1) is 18.9. The minimum absolute atomic E-state index is 0.243. The van der Waals surface area contributed by atoms with Gasteiger partial charge in [-0.25, -0.2) is 4.79 Å². The number of carboxylic acid groups (broad SMARTS) is 1. The van der Waals surface area contributed by atoms with Gasteiger partial charge in [0.15, 0.2) is 0 Å². The molecule has 202 valence electrons. The zero-order valence-corrected chi connectivity index (χ0v) is 23.1. The second kappa shape index (κ2) is 11.1. The van der Waals surface area contributed by atoms with Crippen molar-refractivity contribution in [1.29, 1.82) is 0 Å². The molecule has 0 saturated heterocycles. The van der Waals surface area contributed by atoms with Crippen LogP contribution in [-0.4, -0.2) is 37.1 Å². The maximum atomic E-state index is 12.6. The highest BCUT2D eigenvalue weighted by Crippen LogP contribution is 2.42. The van der Waals surface area contributed by atoms with Crippen LogP contribution in [0, 0.1) is 0 Å². The van der Waals surface area contributed by atoms with Gasteiger partial charge in [-0.1, -0.05) is 61.0 Å². The molecule has 0 amide bonds. The van der Waals surface area contributed by atoms with Crippen LogP contribution in [-0.2, 0) is 33.0 Å². The number of benzene rings is 3. The first-order valence-corrected chi connectivity index (χ1v) is 13.6. The summed E-state index contributed by atoms with van der Waals surface area (Å²) in [5, 5.41) is 28.5. The molecule has 0 saturated carbocycles. The van der Waals surface area contributed by atoms with Gasteiger partial charge in [-0.05, 0) is 49.3 Å². The minimum atomic E-state index is -0.982. The number of aliphatic hydroxyl groups excluding tert-OH is 1. The second-order valence-electron chi connectivity index (χ2n) is 9.53. The van der Waals surface area contributed by atoms with Gasteiger partial charge in [-0.15, -0.1) is 0 Å². The summed E-state index contributed by atoms with van der Waals surface area (Å²) in [6.07, 6.45) is 1.85. The van der Waals surface area contributed by atoms with E-state index in [1.54, 1.807) is 4.68 Å². The van der Waals surface area contributed by atoms with Gasteiger partial charge < -0.3 is 19.5 Å². The van der Waals surface area contributed by atoms with Crippen LogP contribution in [0.5, 0.6) is 5.75 Å². The molecule has 0 aliphatic rings. The number of aromatic nitrogens is 3. The average Bonchev–Trinajstić information content (AvgIpc) is 3.44. The number of nitrogens with zero attached hydrogens (tertiary/aromatic N) is 3. The normalized spacial score (nSPS) is 11.5. The Hall–Kier alpha value is -3.81. The lowest BCUT2D eigenvalue weighted by Gasteiger charge is -2.13. The Morgan fingerprint density at radius 2 is 1.79 bits per heavy atom. The SMILES string of the molecule is CCc1c(-c2c(Cl)ccc3c(CCCOc4cccc5ccccc45)c(C(=O)O)n(CC)c23)c(CO)nn1C. The number of fused-ring (bicyclic) bond motifs is 2. The Morgan fingerprint density at radius 1 is 1.03 bits per heavy atom. The molecule has 0 atom stereocenters. The topological polar surface area (TPSA) is 89.5 Å². The van der Waals surface area contributed by atoms with Crippen LogP contribution < -0.4 is 4.74 Å². The Kier molecular flexibility index (Phi) is 7.64. The molecule has 0 spiro atoms. The van der Waals surface area contributed by atoms with Gasteiger partial charge in [0, 0.05) is 41.2 Å². The molecule has 39 heavy (non-hydrogen) atoms. The summed E-state index contributed by atoms with van der Waals surface area (Å²) < 4.78 is 9.74. The van der Waals surface area contributed by atoms with Crippen molar-refractivity contribution in [2.24, 2.45) is 7.05 Å². The van der Waals surface area contributed by atoms with Gasteiger partial charge in [0.2, 0.25) is 0 Å². The van der Waals surface area contributed by atoms with Crippen molar-refractivity contribution in [3.05, 3.63) is 82.3 Å².